The van der Waals surface area contributed by atoms with Gasteiger partial charge < -0.3 is 60.2 Å². The van der Waals surface area contributed by atoms with Crippen LogP contribution in [0.15, 0.2) is 243 Å². The largest absolute Gasteiger partial charge is 0.508 e. The van der Waals surface area contributed by atoms with Crippen molar-refractivity contribution in [3.8, 4) is 51.7 Å². The van der Waals surface area contributed by atoms with Gasteiger partial charge in [-0.2, -0.15) is 0 Å². The fourth-order valence-corrected chi connectivity index (χ4v) is 18.8. The molecule has 13 aromatic rings. The fraction of sp³-hybridized carbons (Fsp3) is 0.319. The van der Waals surface area contributed by atoms with Crippen molar-refractivity contribution in [2.75, 3.05) is 0 Å². The van der Waals surface area contributed by atoms with Crippen LogP contribution in [-0.4, -0.2) is 63.9 Å². The summed E-state index contributed by atoms with van der Waals surface area (Å²) in [5.74, 6) is -2.61. The lowest BCUT2D eigenvalue weighted by molar-refractivity contribution is 0.0686. The molecule has 9 N–H and O–H groups in total. The van der Waals surface area contributed by atoms with E-state index in [2.05, 4.69) is 242 Å². The quantitative estimate of drug-likeness (QED) is 0.0228. The summed E-state index contributed by atoms with van der Waals surface area (Å²) >= 11 is 0. The number of aryl methyl sites for hydroxylation is 3. The van der Waals surface area contributed by atoms with Gasteiger partial charge in [0.2, 0.25) is 0 Å². The van der Waals surface area contributed by atoms with Gasteiger partial charge in [-0.1, -0.05) is 296 Å². The standard InChI is InChI=1S/C119H130O15/c1-68-53-85(62-88(106(68)132-65-71-25-31-74(32-26-71)109(126)127)103(77-37-47-97(120)91(56-77)112(4,5)6)78-38-48-98(121)92(57-78)113(7,8)9)118(22,23)83-43-45-84(46-44-83)119(24,86-54-69(2)107(133-66-72-27-33-75(34-28-72)110(128)129)89(63-86)104(79-39-49-99(122)93(58-79)114(10,11)12)80-40-50-100(123)94(59-80)115(13,14)15)87-55-70(3)108(134-67-73-29-35-76(36-30-73)111(130)131)90(64-87)105(81-41-51-101(124)95(60-81)116(16,17)18)82-42-52-102(125)96(61-82)117(19,20)21/h25-64,103-105,120-125H,65-67H2,1-24H3,(H,126,127)(H,128,129)(H,130,131). The van der Waals surface area contributed by atoms with Crippen molar-refractivity contribution in [1.82, 2.24) is 0 Å². The van der Waals surface area contributed by atoms with Crippen LogP contribution in [0.25, 0.3) is 0 Å². The number of phenols is 6. The SMILES string of the molecule is Cc1cc(C(C)(C)c2ccc(C(C)(c3cc(C)c(OCc4ccc(C(=O)O)cc4)c(C(c4ccc(O)c(C(C)(C)C)c4)c4ccc(O)c(C(C)(C)C)c4)c3)c3cc(C)c(OCc4ccc(C(=O)O)cc4)c(C(c4ccc(O)c(C(C)(C)C)c4)c4ccc(O)c(C(C)(C)C)c4)c3)cc2)cc(C(c2ccc(O)c(C(C)(C)C)c2)c2ccc(O)c(C(C)(C)C)c2)c1OCc1ccc(C(=O)O)cc1. The molecule has 0 bridgehead atoms. The van der Waals surface area contributed by atoms with Gasteiger partial charge in [-0.05, 0) is 273 Å². The third kappa shape index (κ3) is 20.6. The van der Waals surface area contributed by atoms with Crippen LogP contribution in [-0.2, 0) is 63.1 Å². The predicted octanol–water partition coefficient (Wildman–Crippen LogP) is 27.7. The van der Waals surface area contributed by atoms with E-state index >= 15 is 0 Å². The first-order chi connectivity index (χ1) is 62.5. The van der Waals surface area contributed by atoms with Crippen LogP contribution >= 0.6 is 0 Å². The molecule has 0 unspecified atom stereocenters. The number of aromatic hydroxyl groups is 6. The first kappa shape index (κ1) is 98.0. The Hall–Kier alpha value is -13.5. The molecule has 15 nitrogen and oxygen atoms in total. The van der Waals surface area contributed by atoms with E-state index in [9.17, 15) is 60.3 Å². The Morgan fingerprint density at radius 2 is 0.448 bits per heavy atom. The van der Waals surface area contributed by atoms with Crippen molar-refractivity contribution < 1.29 is 74.6 Å². The Kier molecular flexibility index (Phi) is 27.2. The molecule has 0 atom stereocenters. The zero-order valence-corrected chi connectivity index (χ0v) is 81.9. The van der Waals surface area contributed by atoms with E-state index in [0.29, 0.717) is 50.6 Å². The van der Waals surface area contributed by atoms with E-state index in [4.69, 9.17) is 14.2 Å². The van der Waals surface area contributed by atoms with Crippen molar-refractivity contribution in [3.63, 3.8) is 0 Å². The Morgan fingerprint density at radius 3 is 0.657 bits per heavy atom. The molecule has 0 amide bonds. The molecule has 134 heavy (non-hydrogen) atoms. The zero-order valence-electron chi connectivity index (χ0n) is 81.9. The molecule has 15 heteroatoms. The van der Waals surface area contributed by atoms with Crippen LogP contribution in [0.1, 0.15) is 339 Å². The molecule has 0 radical (unpaired) electrons. The maximum absolute atomic E-state index is 12.4. The summed E-state index contributed by atoms with van der Waals surface area (Å²) in [7, 11) is 0. The highest BCUT2D eigenvalue weighted by molar-refractivity contribution is 5.88. The highest BCUT2D eigenvalue weighted by Crippen LogP contribution is 2.54. The summed E-state index contributed by atoms with van der Waals surface area (Å²) in [4.78, 5) is 36.9. The zero-order chi connectivity index (χ0) is 97.9. The second kappa shape index (κ2) is 37.1. The van der Waals surface area contributed by atoms with Crippen molar-refractivity contribution in [2.24, 2.45) is 0 Å². The lowest BCUT2D eigenvalue weighted by atomic mass is 9.67. The number of aromatic carboxylic acids is 3. The number of carboxylic acid groups (broad SMARTS) is 3. The predicted molar refractivity (Wildman–Crippen MR) is 535 cm³/mol. The third-order valence-electron chi connectivity index (χ3n) is 26.6. The molecule has 0 saturated carbocycles. The maximum atomic E-state index is 12.4. The van der Waals surface area contributed by atoms with Gasteiger partial charge in [0.1, 0.15) is 71.6 Å². The molecule has 0 spiro atoms. The summed E-state index contributed by atoms with van der Waals surface area (Å²) in [5, 5.41) is 102. The molecule has 0 aromatic heterocycles. The summed E-state index contributed by atoms with van der Waals surface area (Å²) in [6.07, 6.45) is 0. The first-order valence-electron chi connectivity index (χ1n) is 45.9. The lowest BCUT2D eigenvalue weighted by Crippen LogP contribution is -2.28. The molecule has 0 heterocycles. The summed E-state index contributed by atoms with van der Waals surface area (Å²) in [6.45, 7) is 50.2. The highest BCUT2D eigenvalue weighted by Gasteiger charge is 2.41. The minimum absolute atomic E-state index is 0.0311. The van der Waals surface area contributed by atoms with Crippen LogP contribution in [0, 0.1) is 20.8 Å². The minimum Gasteiger partial charge on any atom is -0.508 e. The average Bonchev–Trinajstić information content (AvgIpc) is 0.724. The van der Waals surface area contributed by atoms with E-state index in [0.717, 1.165) is 111 Å². The molecule has 0 fully saturated rings. The summed E-state index contributed by atoms with van der Waals surface area (Å²) in [6, 6.07) is 76.7. The molecular weight excluding hydrogens is 1670 g/mol. The second-order valence-corrected chi connectivity index (χ2v) is 43.3. The Morgan fingerprint density at radius 1 is 0.246 bits per heavy atom. The van der Waals surface area contributed by atoms with Crippen molar-refractivity contribution in [1.29, 1.82) is 0 Å². The van der Waals surface area contributed by atoms with E-state index in [1.54, 1.807) is 109 Å². The first-order valence-corrected chi connectivity index (χ1v) is 45.9. The van der Waals surface area contributed by atoms with Crippen LogP contribution < -0.4 is 14.2 Å². The Bertz CT molecular complexity index is 6170. The van der Waals surface area contributed by atoms with Crippen molar-refractivity contribution in [2.45, 2.75) is 247 Å². The molecule has 0 aliphatic carbocycles. The fourth-order valence-electron chi connectivity index (χ4n) is 18.8. The van der Waals surface area contributed by atoms with E-state index in [1.165, 1.54) is 0 Å². The van der Waals surface area contributed by atoms with E-state index in [1.807, 2.05) is 57.2 Å². The molecule has 0 aliphatic rings. The van der Waals surface area contributed by atoms with Crippen molar-refractivity contribution in [3.05, 3.63) is 404 Å². The van der Waals surface area contributed by atoms with Gasteiger partial charge in [-0.15, -0.1) is 0 Å². The number of phenolic OH excluding ortho intramolecular Hbond substituents is 6. The Balaban J connectivity index is 1.13. The summed E-state index contributed by atoms with van der Waals surface area (Å²) < 4.78 is 21.9. The lowest BCUT2D eigenvalue weighted by Gasteiger charge is -2.37. The molecule has 13 aromatic carbocycles. The number of rotatable bonds is 26. The number of ether oxygens (including phenoxy) is 3. The molecule has 0 saturated heterocycles. The second-order valence-electron chi connectivity index (χ2n) is 43.3. The molecule has 13 rings (SSSR count). The number of benzene rings is 13. The van der Waals surface area contributed by atoms with Gasteiger partial charge in [-0.3, -0.25) is 0 Å². The van der Waals surface area contributed by atoms with Crippen LogP contribution in [0.3, 0.4) is 0 Å². The van der Waals surface area contributed by atoms with Gasteiger partial charge in [0, 0.05) is 45.3 Å². The van der Waals surface area contributed by atoms with Crippen molar-refractivity contribution >= 4 is 17.9 Å². The number of carboxylic acids is 3. The molecular formula is C119H130O15. The topological polar surface area (TPSA) is 261 Å². The summed E-state index contributed by atoms with van der Waals surface area (Å²) in [5.41, 5.74) is 15.6. The Labute approximate surface area is 790 Å². The minimum atomic E-state index is -1.22. The smallest absolute Gasteiger partial charge is 0.335 e. The molecule has 0 aliphatic heterocycles. The van der Waals surface area contributed by atoms with E-state index in [-0.39, 0.29) is 71.0 Å². The molecule has 696 valence electrons. The number of hydrogen-bond donors (Lipinski definition) is 9. The van der Waals surface area contributed by atoms with Gasteiger partial charge in [-0.25, -0.2) is 14.4 Å². The average molecular weight is 1800 g/mol. The highest BCUT2D eigenvalue weighted by atomic mass is 16.5. The van der Waals surface area contributed by atoms with E-state index < -0.39 is 79.0 Å². The normalized spacial score (nSPS) is 12.5. The monoisotopic (exact) mass is 1800 g/mol. The van der Waals surface area contributed by atoms with Crippen LogP contribution in [0.2, 0.25) is 0 Å². The van der Waals surface area contributed by atoms with Gasteiger partial charge in [0.25, 0.3) is 0 Å². The van der Waals surface area contributed by atoms with Crippen LogP contribution in [0.4, 0.5) is 0 Å². The maximum Gasteiger partial charge on any atom is 0.335 e. The van der Waals surface area contributed by atoms with Gasteiger partial charge in [0.15, 0.2) is 0 Å². The van der Waals surface area contributed by atoms with Gasteiger partial charge in [0.05, 0.1) is 16.7 Å². The third-order valence-corrected chi connectivity index (χ3v) is 26.6. The van der Waals surface area contributed by atoms with Crippen LogP contribution in [0.5, 0.6) is 51.7 Å². The number of hydrogen-bond acceptors (Lipinski definition) is 12. The van der Waals surface area contributed by atoms with Gasteiger partial charge >= 0.3 is 17.9 Å². The number of carbonyl (C=O) groups is 3.